The van der Waals surface area contributed by atoms with Gasteiger partial charge in [-0.15, -0.1) is 0 Å². The number of nitrogens with one attached hydrogen (secondary N) is 1. The van der Waals surface area contributed by atoms with Crippen molar-refractivity contribution >= 4 is 5.91 Å². The maximum Gasteiger partial charge on any atom is 0.249 e. The standard InChI is InChI=1S/C14H19NO3/c1-17-13(11-6-3-2-4-7-11)10-15-14(16)12-8-5-9-18-12/h2-4,6-7,12-13H,5,8-10H2,1H3,(H,15,16)/t12-,13+/m0/s1. The highest BCUT2D eigenvalue weighted by molar-refractivity contribution is 5.80. The highest BCUT2D eigenvalue weighted by Crippen LogP contribution is 2.16. The molecule has 1 aromatic rings. The van der Waals surface area contributed by atoms with E-state index in [-0.39, 0.29) is 18.1 Å². The fraction of sp³-hybridized carbons (Fsp3) is 0.500. The quantitative estimate of drug-likeness (QED) is 0.863. The Balaban J connectivity index is 1.85. The number of rotatable bonds is 5. The molecule has 0 saturated carbocycles. The largest absolute Gasteiger partial charge is 0.375 e. The van der Waals surface area contributed by atoms with Crippen LogP contribution >= 0.6 is 0 Å². The van der Waals surface area contributed by atoms with Gasteiger partial charge in [0.05, 0.1) is 6.10 Å². The van der Waals surface area contributed by atoms with Gasteiger partial charge in [-0.3, -0.25) is 4.79 Å². The van der Waals surface area contributed by atoms with Gasteiger partial charge in [-0.1, -0.05) is 30.3 Å². The normalized spacial score (nSPS) is 20.6. The second-order valence-corrected chi connectivity index (χ2v) is 4.38. The van der Waals surface area contributed by atoms with Crippen LogP contribution in [0, 0.1) is 0 Å². The average molecular weight is 249 g/mol. The molecule has 0 aromatic heterocycles. The second-order valence-electron chi connectivity index (χ2n) is 4.38. The molecule has 0 radical (unpaired) electrons. The molecule has 1 heterocycles. The molecule has 2 atom stereocenters. The topological polar surface area (TPSA) is 47.6 Å². The highest BCUT2D eigenvalue weighted by atomic mass is 16.5. The minimum atomic E-state index is -0.279. The summed E-state index contributed by atoms with van der Waals surface area (Å²) in [6, 6.07) is 9.87. The number of benzene rings is 1. The number of ether oxygens (including phenoxy) is 2. The second kappa shape index (κ2) is 6.52. The first-order valence-corrected chi connectivity index (χ1v) is 6.28. The Morgan fingerprint density at radius 1 is 1.50 bits per heavy atom. The van der Waals surface area contributed by atoms with Gasteiger partial charge in [-0.25, -0.2) is 0 Å². The van der Waals surface area contributed by atoms with Gasteiger partial charge in [0.2, 0.25) is 5.91 Å². The lowest BCUT2D eigenvalue weighted by Gasteiger charge is -2.18. The lowest BCUT2D eigenvalue weighted by Crippen LogP contribution is -2.37. The van der Waals surface area contributed by atoms with Gasteiger partial charge >= 0.3 is 0 Å². The summed E-state index contributed by atoms with van der Waals surface area (Å²) in [6.45, 7) is 1.16. The molecule has 98 valence electrons. The van der Waals surface area contributed by atoms with Gasteiger partial charge in [-0.2, -0.15) is 0 Å². The van der Waals surface area contributed by atoms with E-state index in [0.29, 0.717) is 13.2 Å². The molecule has 1 fully saturated rings. The van der Waals surface area contributed by atoms with Gasteiger partial charge in [0.25, 0.3) is 0 Å². The Kier molecular flexibility index (Phi) is 4.73. The molecule has 2 rings (SSSR count). The van der Waals surface area contributed by atoms with Gasteiger partial charge in [-0.05, 0) is 18.4 Å². The SMILES string of the molecule is CO[C@H](CNC(=O)[C@@H]1CCCO1)c1ccccc1. The van der Waals surface area contributed by atoms with Crippen LogP contribution in [0.3, 0.4) is 0 Å². The number of methoxy groups -OCH3 is 1. The van der Waals surface area contributed by atoms with E-state index in [2.05, 4.69) is 5.32 Å². The molecule has 1 amide bonds. The zero-order valence-corrected chi connectivity index (χ0v) is 10.6. The van der Waals surface area contributed by atoms with E-state index >= 15 is 0 Å². The fourth-order valence-electron chi connectivity index (χ4n) is 2.10. The third-order valence-electron chi connectivity index (χ3n) is 3.14. The van der Waals surface area contributed by atoms with Crippen molar-refractivity contribution in [2.45, 2.75) is 25.0 Å². The molecule has 4 heteroatoms. The smallest absolute Gasteiger partial charge is 0.249 e. The van der Waals surface area contributed by atoms with Gasteiger partial charge in [0, 0.05) is 20.3 Å². The van der Waals surface area contributed by atoms with Crippen LogP contribution in [0.15, 0.2) is 30.3 Å². The van der Waals surface area contributed by atoms with Gasteiger partial charge < -0.3 is 14.8 Å². The molecule has 1 aliphatic rings. The summed E-state index contributed by atoms with van der Waals surface area (Å²) in [6.07, 6.45) is 1.38. The summed E-state index contributed by atoms with van der Waals surface area (Å²) >= 11 is 0. The number of amides is 1. The molecule has 1 aromatic carbocycles. The Labute approximate surface area is 107 Å². The maximum atomic E-state index is 11.8. The van der Waals surface area contributed by atoms with E-state index in [0.717, 1.165) is 18.4 Å². The molecule has 0 aliphatic carbocycles. The first-order chi connectivity index (χ1) is 8.81. The number of hydrogen-bond acceptors (Lipinski definition) is 3. The van der Waals surface area contributed by atoms with Crippen molar-refractivity contribution in [1.82, 2.24) is 5.32 Å². The molecule has 0 unspecified atom stereocenters. The zero-order chi connectivity index (χ0) is 12.8. The van der Waals surface area contributed by atoms with Crippen LogP contribution in [-0.2, 0) is 14.3 Å². The summed E-state index contributed by atoms with van der Waals surface area (Å²) in [5.41, 5.74) is 1.06. The van der Waals surface area contributed by atoms with E-state index < -0.39 is 0 Å². The molecule has 1 saturated heterocycles. The van der Waals surface area contributed by atoms with Crippen molar-refractivity contribution in [3.63, 3.8) is 0 Å². The summed E-state index contributed by atoms with van der Waals surface area (Å²) in [5.74, 6) is -0.0366. The van der Waals surface area contributed by atoms with Gasteiger partial charge in [0.15, 0.2) is 0 Å². The minimum absolute atomic E-state index is 0.0366. The molecule has 18 heavy (non-hydrogen) atoms. The highest BCUT2D eigenvalue weighted by Gasteiger charge is 2.24. The average Bonchev–Trinajstić information content (AvgIpc) is 2.94. The Morgan fingerprint density at radius 2 is 2.28 bits per heavy atom. The molecule has 0 spiro atoms. The minimum Gasteiger partial charge on any atom is -0.375 e. The fourth-order valence-corrected chi connectivity index (χ4v) is 2.10. The first-order valence-electron chi connectivity index (χ1n) is 6.28. The Morgan fingerprint density at radius 3 is 2.89 bits per heavy atom. The molecular formula is C14H19NO3. The predicted octanol–water partition coefficient (Wildman–Crippen LogP) is 1.67. The van der Waals surface area contributed by atoms with Crippen LogP contribution in [0.25, 0.3) is 0 Å². The van der Waals surface area contributed by atoms with Crippen molar-refractivity contribution < 1.29 is 14.3 Å². The van der Waals surface area contributed by atoms with E-state index in [4.69, 9.17) is 9.47 Å². The third kappa shape index (κ3) is 3.31. The van der Waals surface area contributed by atoms with Gasteiger partial charge in [0.1, 0.15) is 6.10 Å². The van der Waals surface area contributed by atoms with E-state index in [9.17, 15) is 4.79 Å². The predicted molar refractivity (Wildman–Crippen MR) is 68.2 cm³/mol. The zero-order valence-electron chi connectivity index (χ0n) is 10.6. The van der Waals surface area contributed by atoms with Crippen molar-refractivity contribution in [2.24, 2.45) is 0 Å². The van der Waals surface area contributed by atoms with Crippen LogP contribution in [0.1, 0.15) is 24.5 Å². The van der Waals surface area contributed by atoms with Crippen LogP contribution < -0.4 is 5.32 Å². The van der Waals surface area contributed by atoms with Crippen LogP contribution in [-0.4, -0.2) is 32.3 Å². The monoisotopic (exact) mass is 249 g/mol. The molecular weight excluding hydrogens is 230 g/mol. The van der Waals surface area contributed by atoms with Crippen LogP contribution in [0.4, 0.5) is 0 Å². The lowest BCUT2D eigenvalue weighted by molar-refractivity contribution is -0.130. The molecule has 1 aliphatic heterocycles. The van der Waals surface area contributed by atoms with E-state index in [1.54, 1.807) is 7.11 Å². The molecule has 0 bridgehead atoms. The van der Waals surface area contributed by atoms with Crippen molar-refractivity contribution in [3.05, 3.63) is 35.9 Å². The number of hydrogen-bond donors (Lipinski definition) is 1. The molecule has 4 nitrogen and oxygen atoms in total. The first kappa shape index (κ1) is 13.1. The van der Waals surface area contributed by atoms with Crippen molar-refractivity contribution in [2.75, 3.05) is 20.3 Å². The van der Waals surface area contributed by atoms with E-state index in [1.165, 1.54) is 0 Å². The van der Waals surface area contributed by atoms with Crippen LogP contribution in [0.5, 0.6) is 0 Å². The van der Waals surface area contributed by atoms with E-state index in [1.807, 2.05) is 30.3 Å². The van der Waals surface area contributed by atoms with Crippen LogP contribution in [0.2, 0.25) is 0 Å². The summed E-state index contributed by atoms with van der Waals surface area (Å²) in [4.78, 5) is 11.8. The lowest BCUT2D eigenvalue weighted by atomic mass is 10.1. The number of carbonyl (C=O) groups excluding carboxylic acids is 1. The Bertz CT molecular complexity index is 374. The third-order valence-corrected chi connectivity index (χ3v) is 3.14. The summed E-state index contributed by atoms with van der Waals surface area (Å²) in [5, 5.41) is 2.89. The maximum absolute atomic E-state index is 11.8. The van der Waals surface area contributed by atoms with Crippen molar-refractivity contribution in [3.8, 4) is 0 Å². The van der Waals surface area contributed by atoms with Crippen molar-refractivity contribution in [1.29, 1.82) is 0 Å². The summed E-state index contributed by atoms with van der Waals surface area (Å²) < 4.78 is 10.7. The Hall–Kier alpha value is -1.39. The number of carbonyl (C=O) groups is 1. The summed E-state index contributed by atoms with van der Waals surface area (Å²) in [7, 11) is 1.65. The molecule has 1 N–H and O–H groups in total.